The molecule has 5 N–H and O–H groups in total. The summed E-state index contributed by atoms with van der Waals surface area (Å²) in [5.74, 6) is -7.02. The van der Waals surface area contributed by atoms with Crippen molar-refractivity contribution in [2.24, 2.45) is 11.1 Å². The Balaban J connectivity index is 1.61. The number of carbonyl (C=O) groups is 5. The summed E-state index contributed by atoms with van der Waals surface area (Å²) in [7, 11) is 0. The van der Waals surface area contributed by atoms with Crippen molar-refractivity contribution in [1.82, 2.24) is 15.2 Å². The fourth-order valence-electron chi connectivity index (χ4n) is 3.90. The van der Waals surface area contributed by atoms with Gasteiger partial charge in [-0.1, -0.05) is 5.16 Å². The molecule has 3 saturated heterocycles. The van der Waals surface area contributed by atoms with Crippen molar-refractivity contribution in [1.29, 1.82) is 0 Å². The number of carbonyl (C=O) groups excluding carboxylic acids is 3. The zero-order valence-electron chi connectivity index (χ0n) is 18.1. The maximum absolute atomic E-state index is 13.0. The van der Waals surface area contributed by atoms with Gasteiger partial charge in [0.05, 0.1) is 12.3 Å². The SMILES string of the molecule is CC(C)(O/N=C(\C(=O)N[C@@H]1C(=O)N2[C@@H]1[S@+]([O-])C[C@@H]1CC(=O)O[C@@]12C(=O)O)c1csc(N)n1)C(=O)O. The predicted molar refractivity (Wildman–Crippen MR) is 116 cm³/mol. The maximum Gasteiger partial charge on any atom is 0.371 e. The van der Waals surface area contributed by atoms with Gasteiger partial charge in [-0.2, -0.15) is 0 Å². The molecule has 188 valence electrons. The Morgan fingerprint density at radius 3 is 2.69 bits per heavy atom. The highest BCUT2D eigenvalue weighted by molar-refractivity contribution is 7.92. The number of nitrogens with one attached hydrogen (secondary N) is 1. The molecule has 1 aromatic heterocycles. The van der Waals surface area contributed by atoms with E-state index in [4.69, 9.17) is 15.3 Å². The number of amides is 2. The van der Waals surface area contributed by atoms with Crippen LogP contribution in [0.4, 0.5) is 5.13 Å². The number of hydrogen-bond acceptors (Lipinski definition) is 12. The smallest absolute Gasteiger partial charge is 0.371 e. The number of anilines is 1. The molecule has 0 bridgehead atoms. The first kappa shape index (κ1) is 24.7. The topological polar surface area (TPSA) is 234 Å². The number of fused-ring (bicyclic) bond motifs is 3. The summed E-state index contributed by atoms with van der Waals surface area (Å²) in [5.41, 5.74) is 0.886. The molecule has 4 rings (SSSR count). The summed E-state index contributed by atoms with van der Waals surface area (Å²) in [6.07, 6.45) is -0.315. The van der Waals surface area contributed by atoms with Crippen LogP contribution in [0.5, 0.6) is 0 Å². The number of esters is 1. The van der Waals surface area contributed by atoms with Gasteiger partial charge in [0.25, 0.3) is 17.5 Å². The number of ether oxygens (including phenoxy) is 1. The standard InChI is InChI=1S/C18H19N5O10S2/c1-17(2,14(27)28)33-22-9(7-4-34-16(19)20-7)11(25)21-10-12(26)23-13(10)35(31)5-6-3-8(24)32-18(6,23)15(29)30/h4,6,10,13H,3,5H2,1-2H3,(H2,19,20)(H,21,25)(H,27,28)(H,29,30)/b22-9-/t6-,10+,13+,18+,35+/m0/s1. The Morgan fingerprint density at radius 2 is 2.11 bits per heavy atom. The van der Waals surface area contributed by atoms with Crippen molar-refractivity contribution in [2.45, 2.75) is 43.0 Å². The molecule has 0 saturated carbocycles. The molecule has 0 radical (unpaired) electrons. The first-order chi connectivity index (χ1) is 16.3. The Kier molecular flexibility index (Phi) is 5.89. The summed E-state index contributed by atoms with van der Waals surface area (Å²) < 4.78 is 17.9. The van der Waals surface area contributed by atoms with E-state index in [0.29, 0.717) is 0 Å². The Labute approximate surface area is 203 Å². The van der Waals surface area contributed by atoms with Crippen molar-refractivity contribution >= 4 is 63.1 Å². The molecule has 3 aliphatic rings. The number of thiazole rings is 1. The average Bonchev–Trinajstić information content (AvgIpc) is 3.33. The molecule has 1 aromatic rings. The van der Waals surface area contributed by atoms with E-state index >= 15 is 0 Å². The summed E-state index contributed by atoms with van der Waals surface area (Å²) in [6, 6.07) is -1.44. The quantitative estimate of drug-likeness (QED) is 0.0993. The van der Waals surface area contributed by atoms with Crippen LogP contribution in [0.15, 0.2) is 10.5 Å². The van der Waals surface area contributed by atoms with Gasteiger partial charge in [0.2, 0.25) is 11.0 Å². The number of nitrogens with two attached hydrogens (primary N) is 1. The molecule has 4 heterocycles. The number of oxime groups is 1. The van der Waals surface area contributed by atoms with Gasteiger partial charge in [-0.25, -0.2) is 19.5 Å². The second kappa shape index (κ2) is 8.35. The fraction of sp³-hybridized carbons (Fsp3) is 0.500. The minimum absolute atomic E-state index is 0.0646. The number of β-lactam (4-membered cyclic amide) rings is 1. The number of nitrogen functional groups attached to an aromatic ring is 1. The van der Waals surface area contributed by atoms with Crippen LogP contribution in [0, 0.1) is 5.92 Å². The molecule has 5 atom stereocenters. The molecule has 15 nitrogen and oxygen atoms in total. The lowest BCUT2D eigenvalue weighted by atomic mass is 9.89. The average molecular weight is 530 g/mol. The molecular weight excluding hydrogens is 510 g/mol. The Hall–Kier alpha value is -3.44. The van der Waals surface area contributed by atoms with Gasteiger partial charge in [0, 0.05) is 5.38 Å². The number of hydrogen-bond donors (Lipinski definition) is 4. The highest BCUT2D eigenvalue weighted by Gasteiger charge is 2.76. The molecule has 3 fully saturated rings. The number of carboxylic acids is 2. The van der Waals surface area contributed by atoms with E-state index in [9.17, 15) is 38.7 Å². The van der Waals surface area contributed by atoms with Crippen molar-refractivity contribution in [3.8, 4) is 0 Å². The van der Waals surface area contributed by atoms with Crippen molar-refractivity contribution in [3.63, 3.8) is 0 Å². The third-order valence-corrected chi connectivity index (χ3v) is 8.15. The number of aliphatic carboxylic acids is 2. The molecule has 3 aliphatic heterocycles. The van der Waals surface area contributed by atoms with Gasteiger partial charge in [-0.05, 0) is 25.0 Å². The fourth-order valence-corrected chi connectivity index (χ4v) is 6.37. The van der Waals surface area contributed by atoms with E-state index in [1.165, 1.54) is 19.2 Å². The minimum Gasteiger partial charge on any atom is -0.615 e. The Morgan fingerprint density at radius 1 is 1.43 bits per heavy atom. The second-order valence-electron chi connectivity index (χ2n) is 8.39. The normalized spacial score (nSPS) is 30.0. The van der Waals surface area contributed by atoms with E-state index in [1.54, 1.807) is 0 Å². The number of aromatic nitrogens is 1. The van der Waals surface area contributed by atoms with Gasteiger partial charge >= 0.3 is 17.9 Å². The van der Waals surface area contributed by atoms with Gasteiger partial charge in [0.15, 0.2) is 16.9 Å². The van der Waals surface area contributed by atoms with E-state index in [2.05, 4.69) is 15.5 Å². The zero-order chi connectivity index (χ0) is 25.9. The van der Waals surface area contributed by atoms with Crippen LogP contribution in [-0.2, 0) is 44.7 Å². The summed E-state index contributed by atoms with van der Waals surface area (Å²) in [5, 5.41) is 25.1. The third kappa shape index (κ3) is 3.84. The lowest BCUT2D eigenvalue weighted by molar-refractivity contribution is -0.216. The molecule has 35 heavy (non-hydrogen) atoms. The monoisotopic (exact) mass is 529 g/mol. The summed E-state index contributed by atoms with van der Waals surface area (Å²) in [4.78, 5) is 70.8. The lowest BCUT2D eigenvalue weighted by Gasteiger charge is -2.55. The van der Waals surface area contributed by atoms with E-state index in [1.807, 2.05) is 0 Å². The van der Waals surface area contributed by atoms with Crippen LogP contribution in [-0.4, -0.2) is 88.6 Å². The van der Waals surface area contributed by atoms with Gasteiger partial charge < -0.3 is 35.4 Å². The number of rotatable bonds is 7. The predicted octanol–water partition coefficient (Wildman–Crippen LogP) is -1.93. The Bertz CT molecular complexity index is 1170. The van der Waals surface area contributed by atoms with E-state index < -0.39 is 75.3 Å². The van der Waals surface area contributed by atoms with Gasteiger partial charge in [-0.3, -0.25) is 14.4 Å². The van der Waals surface area contributed by atoms with Crippen LogP contribution >= 0.6 is 11.3 Å². The molecule has 17 heteroatoms. The highest BCUT2D eigenvalue weighted by atomic mass is 32.2. The first-order valence-corrected chi connectivity index (χ1v) is 12.2. The summed E-state index contributed by atoms with van der Waals surface area (Å²) in [6.45, 7) is 2.37. The molecule has 0 aliphatic carbocycles. The van der Waals surface area contributed by atoms with Crippen LogP contribution < -0.4 is 11.1 Å². The van der Waals surface area contributed by atoms with E-state index in [0.717, 1.165) is 16.2 Å². The lowest BCUT2D eigenvalue weighted by Crippen LogP contribution is -2.84. The van der Waals surface area contributed by atoms with Crippen LogP contribution in [0.3, 0.4) is 0 Å². The second-order valence-corrected chi connectivity index (χ2v) is 10.9. The minimum atomic E-state index is -2.30. The third-order valence-electron chi connectivity index (χ3n) is 5.72. The van der Waals surface area contributed by atoms with Gasteiger partial charge in [0.1, 0.15) is 11.4 Å². The zero-order valence-corrected chi connectivity index (χ0v) is 19.8. The number of nitrogens with zero attached hydrogens (tertiary/aromatic N) is 3. The highest BCUT2D eigenvalue weighted by Crippen LogP contribution is 2.48. The van der Waals surface area contributed by atoms with Crippen LogP contribution in [0.25, 0.3) is 0 Å². The molecule has 0 spiro atoms. The van der Waals surface area contributed by atoms with Crippen LogP contribution in [0.1, 0.15) is 26.0 Å². The maximum atomic E-state index is 13.0. The molecule has 2 amide bonds. The first-order valence-electron chi connectivity index (χ1n) is 9.97. The van der Waals surface area contributed by atoms with Crippen molar-refractivity contribution in [3.05, 3.63) is 11.1 Å². The van der Waals surface area contributed by atoms with Crippen molar-refractivity contribution < 1.29 is 48.3 Å². The molecule has 0 unspecified atom stereocenters. The molecular formula is C18H19N5O10S2. The van der Waals surface area contributed by atoms with E-state index in [-0.39, 0.29) is 23.0 Å². The van der Waals surface area contributed by atoms with Crippen molar-refractivity contribution in [2.75, 3.05) is 11.5 Å². The summed E-state index contributed by atoms with van der Waals surface area (Å²) >= 11 is -0.871. The molecule has 0 aromatic carbocycles. The largest absolute Gasteiger partial charge is 0.615 e. The van der Waals surface area contributed by atoms with Crippen LogP contribution in [0.2, 0.25) is 0 Å². The van der Waals surface area contributed by atoms with Gasteiger partial charge in [-0.15, -0.1) is 11.3 Å². The number of carboxylic acid groups (broad SMARTS) is 2.